The molecule has 6 nitrogen and oxygen atoms in total. The van der Waals surface area contributed by atoms with Crippen molar-refractivity contribution in [1.82, 2.24) is 5.32 Å². The molecule has 0 radical (unpaired) electrons. The van der Waals surface area contributed by atoms with E-state index in [2.05, 4.69) is 5.32 Å². The van der Waals surface area contributed by atoms with Gasteiger partial charge in [-0.25, -0.2) is 8.42 Å². The Hall–Kier alpha value is -3.03. The molecule has 1 heterocycles. The quantitative estimate of drug-likeness (QED) is 0.558. The molecule has 33 heavy (non-hydrogen) atoms. The molecule has 2 atom stereocenters. The van der Waals surface area contributed by atoms with Gasteiger partial charge in [-0.3, -0.25) is 9.10 Å². The molecule has 0 fully saturated rings. The molecule has 8 heteroatoms. The monoisotopic (exact) mass is 484 g/mol. The van der Waals surface area contributed by atoms with E-state index in [0.717, 1.165) is 11.1 Å². The maximum absolute atomic E-state index is 13.5. The second-order valence-electron chi connectivity index (χ2n) is 8.12. The minimum Gasteiger partial charge on any atom is -0.476 e. The van der Waals surface area contributed by atoms with E-state index in [9.17, 15) is 13.2 Å². The Labute approximate surface area is 199 Å². The Kier molecular flexibility index (Phi) is 6.63. The molecular weight excluding hydrogens is 460 g/mol. The van der Waals surface area contributed by atoms with Crippen molar-refractivity contribution >= 4 is 33.2 Å². The van der Waals surface area contributed by atoms with Crippen LogP contribution in [0.3, 0.4) is 0 Å². The van der Waals surface area contributed by atoms with Gasteiger partial charge >= 0.3 is 0 Å². The van der Waals surface area contributed by atoms with Crippen molar-refractivity contribution in [3.8, 4) is 5.75 Å². The molecule has 0 bridgehead atoms. The summed E-state index contributed by atoms with van der Waals surface area (Å²) in [6.45, 7) is 4.15. The topological polar surface area (TPSA) is 75.7 Å². The van der Waals surface area contributed by atoms with E-state index in [1.807, 2.05) is 44.2 Å². The molecule has 0 aromatic heterocycles. The third-order valence-electron chi connectivity index (χ3n) is 5.64. The van der Waals surface area contributed by atoms with Gasteiger partial charge in [-0.1, -0.05) is 66.6 Å². The van der Waals surface area contributed by atoms with Crippen LogP contribution in [-0.2, 0) is 14.8 Å². The maximum Gasteiger partial charge on any atom is 0.264 e. The summed E-state index contributed by atoms with van der Waals surface area (Å²) >= 11 is 6.14. The average Bonchev–Trinajstić information content (AvgIpc) is 2.82. The number of hydrogen-bond donors (Lipinski definition) is 1. The summed E-state index contributed by atoms with van der Waals surface area (Å²) in [4.78, 5) is 13.1. The van der Waals surface area contributed by atoms with Crippen molar-refractivity contribution in [1.29, 1.82) is 0 Å². The number of nitrogens with one attached hydrogen (secondary N) is 1. The fourth-order valence-corrected chi connectivity index (χ4v) is 5.33. The van der Waals surface area contributed by atoms with E-state index in [1.54, 1.807) is 36.4 Å². The van der Waals surface area contributed by atoms with Crippen molar-refractivity contribution in [2.45, 2.75) is 30.8 Å². The summed E-state index contributed by atoms with van der Waals surface area (Å²) in [6.07, 6.45) is -0.998. The molecular formula is C25H25ClN2O4S. The van der Waals surface area contributed by atoms with Crippen molar-refractivity contribution in [2.75, 3.05) is 17.4 Å². The highest BCUT2D eigenvalue weighted by atomic mass is 35.5. The summed E-state index contributed by atoms with van der Waals surface area (Å²) in [5.74, 6) is 0.0114. The number of carbonyl (C=O) groups is 1. The van der Waals surface area contributed by atoms with Gasteiger partial charge in [0.2, 0.25) is 0 Å². The number of sulfonamides is 1. The van der Waals surface area contributed by atoms with Gasteiger partial charge in [0, 0.05) is 11.6 Å². The Morgan fingerprint density at radius 3 is 2.52 bits per heavy atom. The predicted octanol–water partition coefficient (Wildman–Crippen LogP) is 4.52. The summed E-state index contributed by atoms with van der Waals surface area (Å²) in [5, 5.41) is 3.28. The zero-order valence-corrected chi connectivity index (χ0v) is 19.9. The third kappa shape index (κ3) is 4.99. The minimum atomic E-state index is -3.93. The molecule has 0 aliphatic carbocycles. The van der Waals surface area contributed by atoms with Gasteiger partial charge in [0.25, 0.3) is 15.9 Å². The van der Waals surface area contributed by atoms with Crippen LogP contribution in [0.15, 0.2) is 77.7 Å². The molecule has 0 saturated carbocycles. The van der Waals surface area contributed by atoms with E-state index in [-0.39, 0.29) is 29.0 Å². The van der Waals surface area contributed by atoms with Crippen LogP contribution < -0.4 is 14.4 Å². The van der Waals surface area contributed by atoms with E-state index >= 15 is 0 Å². The maximum atomic E-state index is 13.5. The number of carbonyl (C=O) groups excluding carboxylic acids is 1. The zero-order valence-electron chi connectivity index (χ0n) is 18.4. The van der Waals surface area contributed by atoms with Crippen molar-refractivity contribution < 1.29 is 17.9 Å². The smallest absolute Gasteiger partial charge is 0.264 e. The van der Waals surface area contributed by atoms with Crippen LogP contribution in [0.4, 0.5) is 5.69 Å². The highest BCUT2D eigenvalue weighted by molar-refractivity contribution is 7.92. The fraction of sp³-hybridized carbons (Fsp3) is 0.240. The molecule has 1 N–H and O–H groups in total. The van der Waals surface area contributed by atoms with E-state index < -0.39 is 16.1 Å². The minimum absolute atomic E-state index is 0.0947. The van der Waals surface area contributed by atoms with Crippen LogP contribution in [0.25, 0.3) is 0 Å². The SMILES string of the molecule is Cc1ccc(S(=O)(=O)N2C[C@H](C(=O)NC[C@H](C)c3ccccc3)Oc3ccc(Cl)cc32)cc1. The lowest BCUT2D eigenvalue weighted by molar-refractivity contribution is -0.127. The lowest BCUT2D eigenvalue weighted by Crippen LogP contribution is -2.51. The lowest BCUT2D eigenvalue weighted by atomic mass is 10.0. The first-order chi connectivity index (χ1) is 15.8. The molecule has 3 aromatic carbocycles. The average molecular weight is 485 g/mol. The lowest BCUT2D eigenvalue weighted by Gasteiger charge is -2.35. The van der Waals surface area contributed by atoms with Gasteiger partial charge in [0.15, 0.2) is 6.10 Å². The molecule has 0 saturated heterocycles. The highest BCUT2D eigenvalue weighted by Crippen LogP contribution is 2.38. The molecule has 4 rings (SSSR count). The predicted molar refractivity (Wildman–Crippen MR) is 129 cm³/mol. The van der Waals surface area contributed by atoms with Gasteiger partial charge in [-0.05, 0) is 48.7 Å². The second kappa shape index (κ2) is 9.45. The number of nitrogens with zero attached hydrogens (tertiary/aromatic N) is 1. The van der Waals surface area contributed by atoms with Crippen LogP contribution in [0.1, 0.15) is 24.0 Å². The van der Waals surface area contributed by atoms with Crippen molar-refractivity contribution in [3.63, 3.8) is 0 Å². The number of halogens is 1. The number of hydrogen-bond acceptors (Lipinski definition) is 4. The van der Waals surface area contributed by atoms with Crippen molar-refractivity contribution in [3.05, 3.63) is 88.9 Å². The summed E-state index contributed by atoms with van der Waals surface area (Å²) in [6, 6.07) is 21.2. The van der Waals surface area contributed by atoms with E-state index in [4.69, 9.17) is 16.3 Å². The van der Waals surface area contributed by atoms with E-state index in [0.29, 0.717) is 17.3 Å². The molecule has 1 amide bonds. The zero-order chi connectivity index (χ0) is 23.6. The third-order valence-corrected chi connectivity index (χ3v) is 7.67. The first-order valence-electron chi connectivity index (χ1n) is 10.6. The fourth-order valence-electron chi connectivity index (χ4n) is 3.69. The Balaban J connectivity index is 1.58. The molecule has 1 aliphatic rings. The summed E-state index contributed by atoms with van der Waals surface area (Å²) in [7, 11) is -3.93. The number of benzene rings is 3. The molecule has 1 aliphatic heterocycles. The second-order valence-corrected chi connectivity index (χ2v) is 10.4. The highest BCUT2D eigenvalue weighted by Gasteiger charge is 2.37. The largest absolute Gasteiger partial charge is 0.476 e. The first-order valence-corrected chi connectivity index (χ1v) is 12.5. The summed E-state index contributed by atoms with van der Waals surface area (Å²) < 4.78 is 34.1. The number of fused-ring (bicyclic) bond motifs is 1. The Bertz CT molecular complexity index is 1250. The molecule has 172 valence electrons. The van der Waals surface area contributed by atoms with Crippen LogP contribution in [0.2, 0.25) is 5.02 Å². The molecule has 0 spiro atoms. The van der Waals surface area contributed by atoms with Gasteiger partial charge in [0.05, 0.1) is 17.1 Å². The van der Waals surface area contributed by atoms with Crippen LogP contribution in [0.5, 0.6) is 5.75 Å². The van der Waals surface area contributed by atoms with Crippen LogP contribution in [0, 0.1) is 6.92 Å². The number of aryl methyl sites for hydroxylation is 1. The molecule has 0 unspecified atom stereocenters. The Morgan fingerprint density at radius 2 is 1.82 bits per heavy atom. The summed E-state index contributed by atoms with van der Waals surface area (Å²) in [5.41, 5.74) is 2.36. The Morgan fingerprint density at radius 1 is 1.12 bits per heavy atom. The normalized spacial score (nSPS) is 16.5. The number of rotatable bonds is 6. The van der Waals surface area contributed by atoms with Crippen LogP contribution >= 0.6 is 11.6 Å². The number of ether oxygens (including phenoxy) is 1. The number of anilines is 1. The number of amides is 1. The first kappa shape index (κ1) is 23.1. The van der Waals surface area contributed by atoms with Crippen molar-refractivity contribution in [2.24, 2.45) is 0 Å². The van der Waals surface area contributed by atoms with Gasteiger partial charge in [-0.2, -0.15) is 0 Å². The van der Waals surface area contributed by atoms with Gasteiger partial charge in [-0.15, -0.1) is 0 Å². The van der Waals surface area contributed by atoms with Gasteiger partial charge in [0.1, 0.15) is 5.75 Å². The molecule has 3 aromatic rings. The standard InChI is InChI=1S/C25H25ClN2O4S/c1-17-8-11-21(12-9-17)33(30,31)28-16-24(32-23-13-10-20(26)14-22(23)28)25(29)27-15-18(2)19-6-4-3-5-7-19/h3-14,18,24H,15-16H2,1-2H3,(H,27,29)/t18-,24+/m0/s1. The van der Waals surface area contributed by atoms with Crippen LogP contribution in [-0.4, -0.2) is 33.5 Å². The van der Waals surface area contributed by atoms with Gasteiger partial charge < -0.3 is 10.1 Å². The van der Waals surface area contributed by atoms with E-state index in [1.165, 1.54) is 10.4 Å².